The summed E-state index contributed by atoms with van der Waals surface area (Å²) >= 11 is 0. The molecule has 0 spiro atoms. The van der Waals surface area contributed by atoms with Gasteiger partial charge in [0.25, 0.3) is 11.8 Å². The number of fused-ring (bicyclic) bond motifs is 2. The third-order valence-electron chi connectivity index (χ3n) is 6.53. The van der Waals surface area contributed by atoms with Gasteiger partial charge in [0.2, 0.25) is 10.0 Å². The van der Waals surface area contributed by atoms with E-state index in [2.05, 4.69) is 0 Å². The number of rotatable bonds is 4. The predicted molar refractivity (Wildman–Crippen MR) is 125 cm³/mol. The molecular formula is C26H24N2O4S. The van der Waals surface area contributed by atoms with Crippen molar-refractivity contribution in [2.24, 2.45) is 0 Å². The first kappa shape index (κ1) is 21.6. The summed E-state index contributed by atoms with van der Waals surface area (Å²) < 4.78 is 29.2. The van der Waals surface area contributed by atoms with Crippen molar-refractivity contribution in [2.75, 3.05) is 13.1 Å². The van der Waals surface area contributed by atoms with E-state index in [0.29, 0.717) is 23.1 Å². The molecule has 0 radical (unpaired) electrons. The Morgan fingerprint density at radius 3 is 2.21 bits per heavy atom. The van der Waals surface area contributed by atoms with E-state index in [9.17, 15) is 18.0 Å². The highest BCUT2D eigenvalue weighted by Gasteiger charge is 2.42. The molecule has 0 saturated heterocycles. The molecule has 1 atom stereocenters. The van der Waals surface area contributed by atoms with Crippen molar-refractivity contribution in [1.82, 2.24) is 9.21 Å². The van der Waals surface area contributed by atoms with Gasteiger partial charge in [-0.1, -0.05) is 48.5 Å². The summed E-state index contributed by atoms with van der Waals surface area (Å²) in [7, 11) is -3.87. The maximum Gasteiger partial charge on any atom is 0.261 e. The van der Waals surface area contributed by atoms with Gasteiger partial charge in [-0.2, -0.15) is 4.31 Å². The van der Waals surface area contributed by atoms with E-state index in [1.165, 1.54) is 9.21 Å². The molecule has 0 bridgehead atoms. The summed E-state index contributed by atoms with van der Waals surface area (Å²) in [6.07, 6.45) is 0.568. The zero-order valence-corrected chi connectivity index (χ0v) is 19.3. The highest BCUT2D eigenvalue weighted by Crippen LogP contribution is 2.37. The molecule has 7 heteroatoms. The zero-order valence-electron chi connectivity index (χ0n) is 18.5. The van der Waals surface area contributed by atoms with E-state index in [0.717, 1.165) is 16.7 Å². The van der Waals surface area contributed by atoms with Crippen LogP contribution in [0.15, 0.2) is 71.6 Å². The predicted octanol–water partition coefficient (Wildman–Crippen LogP) is 3.89. The molecule has 5 rings (SSSR count). The fourth-order valence-corrected chi connectivity index (χ4v) is 6.70. The second-order valence-corrected chi connectivity index (χ2v) is 10.5. The van der Waals surface area contributed by atoms with Crippen LogP contribution in [0.3, 0.4) is 0 Å². The van der Waals surface area contributed by atoms with E-state index in [4.69, 9.17) is 0 Å². The van der Waals surface area contributed by atoms with Gasteiger partial charge in [-0.15, -0.1) is 0 Å². The van der Waals surface area contributed by atoms with Crippen molar-refractivity contribution in [3.63, 3.8) is 0 Å². The second-order valence-electron chi connectivity index (χ2n) is 8.62. The minimum atomic E-state index is -3.87. The summed E-state index contributed by atoms with van der Waals surface area (Å²) in [5.74, 6) is -0.773. The van der Waals surface area contributed by atoms with Gasteiger partial charge in [0.15, 0.2) is 0 Å². The van der Waals surface area contributed by atoms with Crippen molar-refractivity contribution in [1.29, 1.82) is 0 Å². The van der Waals surface area contributed by atoms with Crippen LogP contribution in [0.25, 0.3) is 0 Å². The Morgan fingerprint density at radius 2 is 1.52 bits per heavy atom. The van der Waals surface area contributed by atoms with Crippen LogP contribution in [0.5, 0.6) is 0 Å². The molecule has 2 aliphatic rings. The van der Waals surface area contributed by atoms with Gasteiger partial charge >= 0.3 is 0 Å². The normalized spacial score (nSPS) is 18.4. The summed E-state index contributed by atoms with van der Waals surface area (Å²) in [5, 5.41) is 0. The molecule has 0 aliphatic carbocycles. The fourth-order valence-electron chi connectivity index (χ4n) is 4.80. The smallest absolute Gasteiger partial charge is 0.261 e. The Hall–Kier alpha value is -3.29. The van der Waals surface area contributed by atoms with E-state index in [1.54, 1.807) is 43.3 Å². The lowest BCUT2D eigenvalue weighted by Gasteiger charge is -2.38. The topological polar surface area (TPSA) is 74.8 Å². The van der Waals surface area contributed by atoms with Crippen molar-refractivity contribution in [3.05, 3.63) is 100 Å². The SMILES string of the molecule is Cc1ccc(C)c(S(=O)(=O)N2CCc3ccccc3C2CN2C(=O)c3ccccc3C2=O)c1. The van der Waals surface area contributed by atoms with E-state index >= 15 is 0 Å². The van der Waals surface area contributed by atoms with Crippen molar-refractivity contribution in [2.45, 2.75) is 31.2 Å². The van der Waals surface area contributed by atoms with Crippen molar-refractivity contribution >= 4 is 21.8 Å². The van der Waals surface area contributed by atoms with Gasteiger partial charge in [0, 0.05) is 6.54 Å². The molecule has 3 aromatic rings. The van der Waals surface area contributed by atoms with E-state index in [1.807, 2.05) is 37.3 Å². The molecule has 33 heavy (non-hydrogen) atoms. The third-order valence-corrected chi connectivity index (χ3v) is 8.58. The first-order valence-electron chi connectivity index (χ1n) is 10.9. The molecule has 0 saturated carbocycles. The molecule has 6 nitrogen and oxygen atoms in total. The van der Waals surface area contributed by atoms with Gasteiger partial charge in [0.1, 0.15) is 0 Å². The molecular weight excluding hydrogens is 436 g/mol. The van der Waals surface area contributed by atoms with Crippen LogP contribution in [0.1, 0.15) is 49.0 Å². The largest absolute Gasteiger partial charge is 0.272 e. The monoisotopic (exact) mass is 460 g/mol. The molecule has 0 N–H and O–H groups in total. The van der Waals surface area contributed by atoms with Crippen LogP contribution in [-0.4, -0.2) is 42.5 Å². The Morgan fingerprint density at radius 1 is 0.879 bits per heavy atom. The number of sulfonamides is 1. The van der Waals surface area contributed by atoms with Gasteiger partial charge in [-0.3, -0.25) is 14.5 Å². The van der Waals surface area contributed by atoms with Crippen LogP contribution >= 0.6 is 0 Å². The number of hydrogen-bond acceptors (Lipinski definition) is 4. The van der Waals surface area contributed by atoms with Crippen LogP contribution in [0, 0.1) is 13.8 Å². The molecule has 2 amide bonds. The molecule has 0 fully saturated rings. The number of nitrogens with zero attached hydrogens (tertiary/aromatic N) is 2. The van der Waals surface area contributed by atoms with Crippen LogP contribution in [0.2, 0.25) is 0 Å². The Labute approximate surface area is 193 Å². The van der Waals surface area contributed by atoms with Crippen LogP contribution < -0.4 is 0 Å². The third kappa shape index (κ3) is 3.48. The number of carbonyl (C=O) groups is 2. The van der Waals surface area contributed by atoms with Gasteiger partial charge in [0.05, 0.1) is 28.6 Å². The Kier molecular flexibility index (Phi) is 5.18. The number of imide groups is 1. The Balaban J connectivity index is 1.59. The summed E-state index contributed by atoms with van der Waals surface area (Å²) in [4.78, 5) is 27.6. The highest BCUT2D eigenvalue weighted by molar-refractivity contribution is 7.89. The molecule has 2 aliphatic heterocycles. The van der Waals surface area contributed by atoms with Crippen molar-refractivity contribution < 1.29 is 18.0 Å². The molecule has 0 aromatic heterocycles. The lowest BCUT2D eigenvalue weighted by Crippen LogP contribution is -2.46. The fraction of sp³-hybridized carbons (Fsp3) is 0.231. The number of amides is 2. The molecule has 1 unspecified atom stereocenters. The zero-order chi connectivity index (χ0) is 23.3. The van der Waals surface area contributed by atoms with Crippen LogP contribution in [-0.2, 0) is 16.4 Å². The quantitative estimate of drug-likeness (QED) is 0.554. The van der Waals surface area contributed by atoms with E-state index in [-0.39, 0.29) is 29.8 Å². The van der Waals surface area contributed by atoms with Crippen LogP contribution in [0.4, 0.5) is 0 Å². The summed E-state index contributed by atoms with van der Waals surface area (Å²) in [5.41, 5.74) is 4.10. The Bertz CT molecular complexity index is 1360. The maximum absolute atomic E-state index is 13.9. The number of aryl methyl sites for hydroxylation is 2. The van der Waals surface area contributed by atoms with Crippen molar-refractivity contribution in [3.8, 4) is 0 Å². The minimum Gasteiger partial charge on any atom is -0.272 e. The molecule has 3 aromatic carbocycles. The molecule has 168 valence electrons. The van der Waals surface area contributed by atoms with E-state index < -0.39 is 16.1 Å². The number of benzene rings is 3. The highest BCUT2D eigenvalue weighted by atomic mass is 32.2. The lowest BCUT2D eigenvalue weighted by atomic mass is 9.94. The maximum atomic E-state index is 13.9. The minimum absolute atomic E-state index is 0.0343. The first-order valence-corrected chi connectivity index (χ1v) is 12.3. The lowest BCUT2D eigenvalue weighted by molar-refractivity contribution is 0.0616. The average molecular weight is 461 g/mol. The van der Waals surface area contributed by atoms with Gasteiger partial charge in [-0.25, -0.2) is 8.42 Å². The second kappa shape index (κ2) is 7.93. The van der Waals surface area contributed by atoms with Gasteiger partial charge in [-0.05, 0) is 60.7 Å². The first-order chi connectivity index (χ1) is 15.8. The summed E-state index contributed by atoms with van der Waals surface area (Å²) in [6, 6.07) is 19.1. The number of hydrogen-bond donors (Lipinski definition) is 0. The van der Waals surface area contributed by atoms with Gasteiger partial charge < -0.3 is 0 Å². The summed E-state index contributed by atoms with van der Waals surface area (Å²) in [6.45, 7) is 3.89. The standard InChI is InChI=1S/C26H24N2O4S/c1-17-11-12-18(2)24(15-17)33(31,32)28-14-13-19-7-3-4-8-20(19)23(28)16-27-25(29)21-9-5-6-10-22(21)26(27)30/h3-12,15,23H,13-14,16H2,1-2H3. The number of carbonyl (C=O) groups excluding carboxylic acids is 2. The average Bonchev–Trinajstić information content (AvgIpc) is 3.05. The molecule has 2 heterocycles.